The second kappa shape index (κ2) is 4.98. The van der Waals surface area contributed by atoms with E-state index in [1.54, 1.807) is 18.3 Å². The van der Waals surface area contributed by atoms with Crippen LogP contribution in [0.25, 0.3) is 0 Å². The number of hydrogen-bond donors (Lipinski definition) is 0. The van der Waals surface area contributed by atoms with Crippen LogP contribution in [0.15, 0.2) is 18.2 Å². The summed E-state index contributed by atoms with van der Waals surface area (Å²) in [6.07, 6.45) is 0. The molecule has 0 aliphatic carbocycles. The first-order valence-electron chi connectivity index (χ1n) is 5.56. The van der Waals surface area contributed by atoms with Gasteiger partial charge in [-0.15, -0.1) is 22.9 Å². The zero-order chi connectivity index (χ0) is 13.4. The summed E-state index contributed by atoms with van der Waals surface area (Å²) >= 11 is 7.87. The maximum absolute atomic E-state index is 13.8. The Morgan fingerprint density at radius 2 is 1.67 bits per heavy atom. The van der Waals surface area contributed by atoms with Crippen molar-refractivity contribution in [3.63, 3.8) is 0 Å². The number of hydrogen-bond acceptors (Lipinski definition) is 1. The molecule has 1 aromatic heterocycles. The molecule has 2 aromatic rings. The van der Waals surface area contributed by atoms with E-state index in [4.69, 9.17) is 11.6 Å². The van der Waals surface area contributed by atoms with Gasteiger partial charge in [0.2, 0.25) is 0 Å². The molecule has 1 unspecified atom stereocenters. The molecule has 1 aromatic carbocycles. The zero-order valence-electron chi connectivity index (χ0n) is 10.4. The van der Waals surface area contributed by atoms with Crippen LogP contribution in [0.3, 0.4) is 0 Å². The van der Waals surface area contributed by atoms with Crippen LogP contribution in [0.5, 0.6) is 0 Å². The Balaban J connectivity index is 2.49. The molecule has 2 rings (SSSR count). The quantitative estimate of drug-likeness (QED) is 0.659. The molecule has 0 aliphatic heterocycles. The molecule has 4 heteroatoms. The van der Waals surface area contributed by atoms with Crippen LogP contribution in [-0.2, 0) is 0 Å². The largest absolute Gasteiger partial charge is 0.207 e. The van der Waals surface area contributed by atoms with E-state index >= 15 is 0 Å². The highest BCUT2D eigenvalue weighted by Crippen LogP contribution is 2.38. The van der Waals surface area contributed by atoms with Crippen LogP contribution < -0.4 is 0 Å². The van der Waals surface area contributed by atoms with Crippen molar-refractivity contribution in [3.05, 3.63) is 56.3 Å². The van der Waals surface area contributed by atoms with Crippen molar-refractivity contribution in [1.29, 1.82) is 0 Å². The summed E-state index contributed by atoms with van der Waals surface area (Å²) in [5, 5.41) is -0.567. The van der Waals surface area contributed by atoms with Crippen LogP contribution in [-0.4, -0.2) is 0 Å². The van der Waals surface area contributed by atoms with Crippen molar-refractivity contribution in [3.8, 4) is 0 Å². The van der Waals surface area contributed by atoms with Crippen molar-refractivity contribution in [2.75, 3.05) is 0 Å². The van der Waals surface area contributed by atoms with Gasteiger partial charge in [-0.1, -0.05) is 0 Å². The fraction of sp³-hybridized carbons (Fsp3) is 0.286. The van der Waals surface area contributed by atoms with Gasteiger partial charge in [0.15, 0.2) is 0 Å². The van der Waals surface area contributed by atoms with Crippen molar-refractivity contribution < 1.29 is 8.78 Å². The molecule has 0 spiro atoms. The lowest BCUT2D eigenvalue weighted by Crippen LogP contribution is -1.99. The molecule has 0 aliphatic rings. The number of benzene rings is 1. The minimum absolute atomic E-state index is 0.334. The predicted octanol–water partition coefficient (Wildman–Crippen LogP) is 5.28. The fourth-order valence-corrected chi connectivity index (χ4v) is 3.43. The second-order valence-electron chi connectivity index (χ2n) is 4.39. The summed E-state index contributed by atoms with van der Waals surface area (Å²) in [6.45, 7) is 5.54. The molecule has 0 saturated carbocycles. The van der Waals surface area contributed by atoms with Gasteiger partial charge in [-0.3, -0.25) is 0 Å². The van der Waals surface area contributed by atoms with Gasteiger partial charge in [0, 0.05) is 21.4 Å². The second-order valence-corrected chi connectivity index (χ2v) is 6.11. The average molecular weight is 287 g/mol. The third-order valence-corrected chi connectivity index (χ3v) is 4.66. The molecule has 0 nitrogen and oxygen atoms in total. The van der Waals surface area contributed by atoms with Gasteiger partial charge in [-0.2, -0.15) is 0 Å². The van der Waals surface area contributed by atoms with E-state index in [0.29, 0.717) is 11.1 Å². The molecule has 1 heterocycles. The number of aryl methyl sites for hydroxylation is 3. The summed E-state index contributed by atoms with van der Waals surface area (Å²) in [5.41, 5.74) is 1.78. The van der Waals surface area contributed by atoms with E-state index in [1.807, 2.05) is 19.9 Å². The van der Waals surface area contributed by atoms with Gasteiger partial charge in [0.1, 0.15) is 11.6 Å². The molecule has 0 radical (unpaired) electrons. The molecule has 1 atom stereocenters. The van der Waals surface area contributed by atoms with Crippen LogP contribution in [0.2, 0.25) is 0 Å². The third kappa shape index (κ3) is 2.43. The summed E-state index contributed by atoms with van der Waals surface area (Å²) in [5.74, 6) is -1.14. The fourth-order valence-electron chi connectivity index (χ4n) is 1.93. The monoisotopic (exact) mass is 286 g/mol. The summed E-state index contributed by atoms with van der Waals surface area (Å²) < 4.78 is 27.0. The van der Waals surface area contributed by atoms with Crippen LogP contribution >= 0.6 is 22.9 Å². The van der Waals surface area contributed by atoms with E-state index in [0.717, 1.165) is 21.4 Å². The first-order chi connectivity index (χ1) is 8.40. The normalized spacial score (nSPS) is 12.8. The van der Waals surface area contributed by atoms with Crippen molar-refractivity contribution in [1.82, 2.24) is 0 Å². The molecular formula is C14H13ClF2S. The Hall–Kier alpha value is -0.930. The highest BCUT2D eigenvalue weighted by atomic mass is 35.5. The van der Waals surface area contributed by atoms with E-state index in [-0.39, 0.29) is 0 Å². The molecule has 0 saturated heterocycles. The van der Waals surface area contributed by atoms with E-state index in [9.17, 15) is 8.78 Å². The van der Waals surface area contributed by atoms with Gasteiger partial charge in [0.25, 0.3) is 0 Å². The van der Waals surface area contributed by atoms with Gasteiger partial charge in [0.05, 0.1) is 5.38 Å². The highest BCUT2D eigenvalue weighted by molar-refractivity contribution is 7.12. The van der Waals surface area contributed by atoms with Crippen LogP contribution in [0.4, 0.5) is 8.78 Å². The maximum Gasteiger partial charge on any atom is 0.131 e. The maximum atomic E-state index is 13.8. The minimum atomic E-state index is -0.594. The SMILES string of the molecule is Cc1cc(C)c(C(Cl)c2cc(C)c(F)cc2F)s1. The zero-order valence-corrected chi connectivity index (χ0v) is 11.9. The summed E-state index contributed by atoms with van der Waals surface area (Å²) in [4.78, 5) is 2.05. The summed E-state index contributed by atoms with van der Waals surface area (Å²) in [6, 6.07) is 4.40. The van der Waals surface area contributed by atoms with Gasteiger partial charge in [-0.05, 0) is 44.0 Å². The van der Waals surface area contributed by atoms with Crippen molar-refractivity contribution >= 4 is 22.9 Å². The summed E-state index contributed by atoms with van der Waals surface area (Å²) in [7, 11) is 0. The van der Waals surface area contributed by atoms with Crippen molar-refractivity contribution in [2.24, 2.45) is 0 Å². The Labute approximate surface area is 114 Å². The molecule has 0 fully saturated rings. The standard InChI is InChI=1S/C14H13ClF2S/c1-7-5-10(12(17)6-11(7)16)13(15)14-8(2)4-9(3)18-14/h4-6,13H,1-3H3. The first-order valence-corrected chi connectivity index (χ1v) is 6.82. The number of rotatable bonds is 2. The Morgan fingerprint density at radius 1 is 1.00 bits per heavy atom. The molecule has 0 amide bonds. The first kappa shape index (κ1) is 13.5. The highest BCUT2D eigenvalue weighted by Gasteiger charge is 2.20. The average Bonchev–Trinajstić information content (AvgIpc) is 2.62. The molecule has 0 bridgehead atoms. The molecular weight excluding hydrogens is 274 g/mol. The number of thiophene rings is 1. The van der Waals surface area contributed by atoms with Gasteiger partial charge in [-0.25, -0.2) is 8.78 Å². The van der Waals surface area contributed by atoms with Crippen LogP contribution in [0.1, 0.15) is 31.8 Å². The topological polar surface area (TPSA) is 0 Å². The Bertz CT molecular complexity index is 590. The number of halogens is 3. The van der Waals surface area contributed by atoms with E-state index in [1.165, 1.54) is 6.07 Å². The lowest BCUT2D eigenvalue weighted by molar-refractivity contribution is 0.568. The molecule has 96 valence electrons. The van der Waals surface area contributed by atoms with Gasteiger partial charge >= 0.3 is 0 Å². The van der Waals surface area contributed by atoms with Crippen molar-refractivity contribution in [2.45, 2.75) is 26.1 Å². The third-order valence-electron chi connectivity index (χ3n) is 2.86. The lowest BCUT2D eigenvalue weighted by atomic mass is 10.0. The van der Waals surface area contributed by atoms with E-state index in [2.05, 4.69) is 0 Å². The Kier molecular flexibility index (Phi) is 3.74. The predicted molar refractivity (Wildman–Crippen MR) is 72.6 cm³/mol. The van der Waals surface area contributed by atoms with Crippen LogP contribution in [0, 0.1) is 32.4 Å². The van der Waals surface area contributed by atoms with E-state index < -0.39 is 17.0 Å². The number of alkyl halides is 1. The molecule has 18 heavy (non-hydrogen) atoms. The minimum Gasteiger partial charge on any atom is -0.207 e. The Morgan fingerprint density at radius 3 is 2.22 bits per heavy atom. The van der Waals surface area contributed by atoms with Gasteiger partial charge < -0.3 is 0 Å². The molecule has 0 N–H and O–H groups in total. The lowest BCUT2D eigenvalue weighted by Gasteiger charge is -2.12. The smallest absolute Gasteiger partial charge is 0.131 e.